The van der Waals surface area contributed by atoms with Crippen molar-refractivity contribution in [3.63, 3.8) is 0 Å². The molecule has 0 atom stereocenters. The Morgan fingerprint density at radius 3 is 1.58 bits per heavy atom. The Bertz CT molecular complexity index is 3420. The molecular formula is C50H29N5. The van der Waals surface area contributed by atoms with Gasteiger partial charge in [-0.25, -0.2) is 0 Å². The van der Waals surface area contributed by atoms with E-state index in [0.29, 0.717) is 11.1 Å². The molecule has 0 unspecified atom stereocenters. The molecular weight excluding hydrogens is 671 g/mol. The number of nitriles is 2. The van der Waals surface area contributed by atoms with E-state index >= 15 is 0 Å². The van der Waals surface area contributed by atoms with Crippen molar-refractivity contribution in [3.05, 3.63) is 187 Å². The third-order valence-electron chi connectivity index (χ3n) is 11.1. The predicted octanol–water partition coefficient (Wildman–Crippen LogP) is 12.4. The van der Waals surface area contributed by atoms with Crippen molar-refractivity contribution in [1.29, 1.82) is 10.5 Å². The van der Waals surface area contributed by atoms with E-state index in [1.54, 1.807) is 0 Å². The molecule has 8 aromatic carbocycles. The highest BCUT2D eigenvalue weighted by molar-refractivity contribution is 6.15. The summed E-state index contributed by atoms with van der Waals surface area (Å²) in [6.07, 6.45) is 0. The maximum atomic E-state index is 10.6. The summed E-state index contributed by atoms with van der Waals surface area (Å²) in [6.45, 7) is 0. The normalized spacial score (nSPS) is 11.6. The van der Waals surface area contributed by atoms with Gasteiger partial charge in [0.25, 0.3) is 0 Å². The minimum absolute atomic E-state index is 0.554. The molecule has 0 fully saturated rings. The molecule has 0 bridgehead atoms. The lowest BCUT2D eigenvalue weighted by Crippen LogP contribution is -2.02. The largest absolute Gasteiger partial charge is 0.307 e. The van der Waals surface area contributed by atoms with Gasteiger partial charge in [0, 0.05) is 43.6 Å². The van der Waals surface area contributed by atoms with Gasteiger partial charge in [0.05, 0.1) is 61.7 Å². The van der Waals surface area contributed by atoms with Crippen molar-refractivity contribution in [2.45, 2.75) is 0 Å². The van der Waals surface area contributed by atoms with Gasteiger partial charge in [-0.3, -0.25) is 0 Å². The van der Waals surface area contributed by atoms with Gasteiger partial charge >= 0.3 is 0 Å². The van der Waals surface area contributed by atoms with Crippen LogP contribution in [0.1, 0.15) is 11.1 Å². The fraction of sp³-hybridized carbons (Fsp3) is 0. The zero-order valence-electron chi connectivity index (χ0n) is 29.5. The summed E-state index contributed by atoms with van der Waals surface area (Å²) in [7, 11) is 0. The molecule has 11 rings (SSSR count). The fourth-order valence-electron chi connectivity index (χ4n) is 8.90. The molecule has 0 saturated carbocycles. The third-order valence-corrected chi connectivity index (χ3v) is 11.1. The van der Waals surface area contributed by atoms with Crippen LogP contribution < -0.4 is 0 Å². The topological polar surface area (TPSA) is 62.4 Å². The first-order chi connectivity index (χ1) is 27.2. The Kier molecular flexibility index (Phi) is 6.61. The highest BCUT2D eigenvalue weighted by atomic mass is 15.1. The zero-order chi connectivity index (χ0) is 36.6. The van der Waals surface area contributed by atoms with Crippen molar-refractivity contribution in [3.8, 4) is 40.3 Å². The first-order valence-corrected chi connectivity index (χ1v) is 18.3. The van der Waals surface area contributed by atoms with Crippen LogP contribution in [0.3, 0.4) is 0 Å². The summed E-state index contributed by atoms with van der Waals surface area (Å²) in [5.74, 6) is 0. The van der Waals surface area contributed by atoms with Crippen LogP contribution in [0.2, 0.25) is 0 Å². The molecule has 11 aromatic rings. The van der Waals surface area contributed by atoms with Crippen LogP contribution in [-0.2, 0) is 0 Å². The highest BCUT2D eigenvalue weighted by Gasteiger charge is 2.23. The maximum absolute atomic E-state index is 10.6. The van der Waals surface area contributed by atoms with Crippen LogP contribution in [0, 0.1) is 22.7 Å². The number of fused-ring (bicyclic) bond motifs is 9. The van der Waals surface area contributed by atoms with Crippen LogP contribution in [0.4, 0.5) is 0 Å². The van der Waals surface area contributed by atoms with Gasteiger partial charge in [-0.2, -0.15) is 10.5 Å². The summed E-state index contributed by atoms with van der Waals surface area (Å²) in [6, 6.07) is 66.0. The summed E-state index contributed by atoms with van der Waals surface area (Å²) >= 11 is 0. The second-order valence-electron chi connectivity index (χ2n) is 13.9. The monoisotopic (exact) mass is 699 g/mol. The van der Waals surface area contributed by atoms with E-state index in [0.717, 1.165) is 72.1 Å². The Morgan fingerprint density at radius 2 is 0.891 bits per heavy atom. The van der Waals surface area contributed by atoms with Crippen LogP contribution in [0.5, 0.6) is 0 Å². The van der Waals surface area contributed by atoms with Gasteiger partial charge in [-0.1, -0.05) is 115 Å². The number of para-hydroxylation sites is 6. The van der Waals surface area contributed by atoms with E-state index < -0.39 is 0 Å². The number of benzene rings is 8. The number of nitrogens with zero attached hydrogens (tertiary/aromatic N) is 5. The standard InChI is InChI=1S/C50H29N5/c51-30-33-14-11-27-46-48(33)41-20-4-8-26-45(41)55(46)49-34(31-52)15-10-21-36(49)32-13-9-16-35(29-32)53-42-23-5-3-19-39(42)40-22-12-28-47(50(40)53)54-43-24-6-1-17-37(43)38-18-2-7-25-44(38)54/h1-29H. The molecule has 0 N–H and O–H groups in total. The van der Waals surface area contributed by atoms with E-state index in [1.807, 2.05) is 42.5 Å². The zero-order valence-corrected chi connectivity index (χ0v) is 29.5. The Morgan fingerprint density at radius 1 is 0.382 bits per heavy atom. The van der Waals surface area contributed by atoms with E-state index in [-0.39, 0.29) is 0 Å². The van der Waals surface area contributed by atoms with Crippen molar-refractivity contribution in [1.82, 2.24) is 13.7 Å². The molecule has 0 aliphatic rings. The Balaban J connectivity index is 1.21. The molecule has 0 aliphatic carbocycles. The first-order valence-electron chi connectivity index (χ1n) is 18.3. The summed E-state index contributed by atoms with van der Waals surface area (Å²) < 4.78 is 6.95. The predicted molar refractivity (Wildman–Crippen MR) is 224 cm³/mol. The van der Waals surface area contributed by atoms with E-state index in [4.69, 9.17) is 0 Å². The van der Waals surface area contributed by atoms with Crippen molar-refractivity contribution < 1.29 is 0 Å². The third kappa shape index (κ3) is 4.33. The van der Waals surface area contributed by atoms with E-state index in [2.05, 4.69) is 159 Å². The lowest BCUT2D eigenvalue weighted by Gasteiger charge is -2.18. The lowest BCUT2D eigenvalue weighted by molar-refractivity contribution is 1.13. The van der Waals surface area contributed by atoms with Crippen LogP contribution in [0.15, 0.2) is 176 Å². The minimum Gasteiger partial charge on any atom is -0.307 e. The van der Waals surface area contributed by atoms with E-state index in [9.17, 15) is 10.5 Å². The molecule has 5 nitrogen and oxygen atoms in total. The molecule has 0 radical (unpaired) electrons. The van der Waals surface area contributed by atoms with Crippen molar-refractivity contribution >= 4 is 65.4 Å². The number of hydrogen-bond acceptors (Lipinski definition) is 2. The van der Waals surface area contributed by atoms with Gasteiger partial charge in [-0.15, -0.1) is 0 Å². The summed E-state index contributed by atoms with van der Waals surface area (Å²) in [5.41, 5.74) is 12.3. The second-order valence-corrected chi connectivity index (χ2v) is 13.9. The number of hydrogen-bond donors (Lipinski definition) is 0. The molecule has 0 aliphatic heterocycles. The van der Waals surface area contributed by atoms with Gasteiger partial charge in [0.1, 0.15) is 6.07 Å². The van der Waals surface area contributed by atoms with Crippen LogP contribution in [0.25, 0.3) is 93.6 Å². The first kappa shape index (κ1) is 30.7. The lowest BCUT2D eigenvalue weighted by atomic mass is 9.99. The Hall–Kier alpha value is -7.86. The number of aromatic nitrogens is 3. The highest BCUT2D eigenvalue weighted by Crippen LogP contribution is 2.42. The molecule has 254 valence electrons. The average molecular weight is 700 g/mol. The second kappa shape index (κ2) is 11.8. The van der Waals surface area contributed by atoms with Gasteiger partial charge in [0.2, 0.25) is 0 Å². The molecule has 3 heterocycles. The Labute approximate surface area is 316 Å². The van der Waals surface area contributed by atoms with Crippen molar-refractivity contribution in [2.75, 3.05) is 0 Å². The number of rotatable bonds is 4. The minimum atomic E-state index is 0.554. The fourth-order valence-corrected chi connectivity index (χ4v) is 8.90. The molecule has 3 aromatic heterocycles. The SMILES string of the molecule is N#Cc1cccc(-c2cccc(-n3c4ccccc4c4cccc(-n5c6ccccc6c6ccccc65)c43)c2)c1-n1c2ccccc2c2c(C#N)cccc21. The smallest absolute Gasteiger partial charge is 0.101 e. The molecule has 0 amide bonds. The summed E-state index contributed by atoms with van der Waals surface area (Å²) in [4.78, 5) is 0. The van der Waals surface area contributed by atoms with Crippen LogP contribution in [-0.4, -0.2) is 13.7 Å². The summed E-state index contributed by atoms with van der Waals surface area (Å²) in [5, 5.41) is 27.4. The molecule has 0 spiro atoms. The van der Waals surface area contributed by atoms with Gasteiger partial charge < -0.3 is 13.7 Å². The average Bonchev–Trinajstić information content (AvgIpc) is 3.89. The molecule has 0 saturated heterocycles. The van der Waals surface area contributed by atoms with Gasteiger partial charge in [-0.05, 0) is 66.2 Å². The van der Waals surface area contributed by atoms with Crippen molar-refractivity contribution in [2.24, 2.45) is 0 Å². The van der Waals surface area contributed by atoms with Gasteiger partial charge in [0.15, 0.2) is 0 Å². The van der Waals surface area contributed by atoms with Crippen LogP contribution >= 0.6 is 0 Å². The molecule has 5 heteroatoms. The molecule has 55 heavy (non-hydrogen) atoms. The maximum Gasteiger partial charge on any atom is 0.101 e. The van der Waals surface area contributed by atoms with E-state index in [1.165, 1.54) is 21.5 Å². The quantitative estimate of drug-likeness (QED) is 0.184.